The summed E-state index contributed by atoms with van der Waals surface area (Å²) in [6.45, 7) is 5.04. The lowest BCUT2D eigenvalue weighted by Gasteiger charge is -2.39. The molecule has 1 rings (SSSR count). The molecule has 5 N–H and O–H groups in total. The molecule has 0 heterocycles. The van der Waals surface area contributed by atoms with Crippen molar-refractivity contribution < 1.29 is 30.0 Å². The first kappa shape index (κ1) is 15.2. The minimum atomic E-state index is -1.45. The maximum Gasteiger partial charge on any atom is 0.408 e. The molecular weight excluding hydrogens is 242 g/mol. The summed E-state index contributed by atoms with van der Waals surface area (Å²) in [7, 11) is 0. The molecule has 0 aromatic rings. The third-order valence-electron chi connectivity index (χ3n) is 2.69. The lowest BCUT2D eigenvalue weighted by atomic mass is 9.85. The van der Waals surface area contributed by atoms with Gasteiger partial charge in [0.25, 0.3) is 0 Å². The Morgan fingerprint density at radius 3 is 2.17 bits per heavy atom. The Hall–Kier alpha value is -0.890. The summed E-state index contributed by atoms with van der Waals surface area (Å²) in [6.07, 6.45) is -6.14. The number of aliphatic hydroxyl groups is 4. The van der Waals surface area contributed by atoms with E-state index in [-0.39, 0.29) is 6.42 Å². The van der Waals surface area contributed by atoms with E-state index in [2.05, 4.69) is 5.32 Å². The molecule has 1 amide bonds. The molecule has 7 heteroatoms. The zero-order chi connectivity index (χ0) is 14.1. The first-order valence-corrected chi connectivity index (χ1v) is 5.83. The third-order valence-corrected chi connectivity index (χ3v) is 2.69. The minimum Gasteiger partial charge on any atom is -0.444 e. The van der Waals surface area contributed by atoms with Crippen LogP contribution in [0.5, 0.6) is 0 Å². The van der Waals surface area contributed by atoms with Crippen molar-refractivity contribution in [2.75, 3.05) is 0 Å². The van der Waals surface area contributed by atoms with E-state index in [1.807, 2.05) is 0 Å². The van der Waals surface area contributed by atoms with Crippen LogP contribution in [0.3, 0.4) is 0 Å². The number of rotatable bonds is 1. The molecule has 0 aromatic heterocycles. The number of hydrogen-bond acceptors (Lipinski definition) is 6. The van der Waals surface area contributed by atoms with Gasteiger partial charge in [-0.15, -0.1) is 0 Å². The Balaban J connectivity index is 2.62. The van der Waals surface area contributed by atoms with Crippen molar-refractivity contribution in [1.82, 2.24) is 5.32 Å². The van der Waals surface area contributed by atoms with Gasteiger partial charge < -0.3 is 30.5 Å². The van der Waals surface area contributed by atoms with Gasteiger partial charge in [-0.25, -0.2) is 4.79 Å². The summed E-state index contributed by atoms with van der Waals surface area (Å²) < 4.78 is 4.98. The predicted molar refractivity (Wildman–Crippen MR) is 61.8 cm³/mol. The maximum absolute atomic E-state index is 11.5. The van der Waals surface area contributed by atoms with Crippen LogP contribution in [-0.4, -0.2) is 62.6 Å². The second-order valence-corrected chi connectivity index (χ2v) is 5.52. The van der Waals surface area contributed by atoms with Gasteiger partial charge in [-0.05, 0) is 20.8 Å². The summed E-state index contributed by atoms with van der Waals surface area (Å²) in [5.74, 6) is 0. The number of alkyl carbamates (subject to hydrolysis) is 1. The molecule has 0 aromatic carbocycles. The van der Waals surface area contributed by atoms with Gasteiger partial charge in [-0.1, -0.05) is 0 Å². The lowest BCUT2D eigenvalue weighted by Crippen LogP contribution is -2.62. The quantitative estimate of drug-likeness (QED) is 0.402. The van der Waals surface area contributed by atoms with Crippen LogP contribution in [0, 0.1) is 0 Å². The number of aliphatic hydroxyl groups excluding tert-OH is 4. The molecule has 1 saturated carbocycles. The van der Waals surface area contributed by atoms with Crippen LogP contribution in [0.15, 0.2) is 0 Å². The SMILES string of the molecule is CC(C)(C)OC(=O)N[C@@H]1[C@H](O)[C@@H](O)[C@@H](O)C[C@@H]1O. The van der Waals surface area contributed by atoms with E-state index in [4.69, 9.17) is 4.74 Å². The second kappa shape index (κ2) is 5.40. The van der Waals surface area contributed by atoms with Crippen LogP contribution in [0.25, 0.3) is 0 Å². The van der Waals surface area contributed by atoms with Crippen LogP contribution < -0.4 is 5.32 Å². The van der Waals surface area contributed by atoms with Gasteiger partial charge in [-0.3, -0.25) is 0 Å². The van der Waals surface area contributed by atoms with Crippen molar-refractivity contribution in [2.45, 2.75) is 63.3 Å². The Labute approximate surface area is 105 Å². The normalized spacial score (nSPS) is 37.2. The zero-order valence-corrected chi connectivity index (χ0v) is 10.7. The predicted octanol–water partition coefficient (Wildman–Crippen LogP) is -1.27. The number of hydrogen-bond donors (Lipinski definition) is 5. The zero-order valence-electron chi connectivity index (χ0n) is 10.7. The Bertz CT molecular complexity index is 302. The van der Waals surface area contributed by atoms with E-state index < -0.39 is 42.2 Å². The minimum absolute atomic E-state index is 0.126. The Kier molecular flexibility index (Phi) is 4.55. The average Bonchev–Trinajstić information content (AvgIpc) is 2.19. The lowest BCUT2D eigenvalue weighted by molar-refractivity contribution is -0.133. The van der Waals surface area contributed by atoms with Crippen molar-refractivity contribution in [3.8, 4) is 0 Å². The first-order valence-electron chi connectivity index (χ1n) is 5.83. The first-order chi connectivity index (χ1) is 8.11. The van der Waals surface area contributed by atoms with Crippen LogP contribution in [0.1, 0.15) is 27.2 Å². The highest BCUT2D eigenvalue weighted by molar-refractivity contribution is 5.68. The summed E-state index contributed by atoms with van der Waals surface area (Å²) in [5, 5.41) is 40.5. The molecule has 1 aliphatic rings. The second-order valence-electron chi connectivity index (χ2n) is 5.52. The van der Waals surface area contributed by atoms with Crippen LogP contribution in [-0.2, 0) is 4.74 Å². The number of amides is 1. The Morgan fingerprint density at radius 1 is 1.11 bits per heavy atom. The van der Waals surface area contributed by atoms with Gasteiger partial charge in [0, 0.05) is 6.42 Å². The average molecular weight is 263 g/mol. The molecule has 1 aliphatic carbocycles. The molecular formula is C11H21NO6. The van der Waals surface area contributed by atoms with Gasteiger partial charge >= 0.3 is 6.09 Å². The van der Waals surface area contributed by atoms with Crippen LogP contribution in [0.4, 0.5) is 4.79 Å². The maximum atomic E-state index is 11.5. The van der Waals surface area contributed by atoms with Crippen molar-refractivity contribution in [1.29, 1.82) is 0 Å². The molecule has 1 fully saturated rings. The highest BCUT2D eigenvalue weighted by Gasteiger charge is 2.43. The molecule has 5 atom stereocenters. The van der Waals surface area contributed by atoms with Gasteiger partial charge in [0.05, 0.1) is 18.2 Å². The van der Waals surface area contributed by atoms with Crippen molar-refractivity contribution in [2.24, 2.45) is 0 Å². The van der Waals surface area contributed by atoms with Gasteiger partial charge in [-0.2, -0.15) is 0 Å². The molecule has 0 saturated heterocycles. The Morgan fingerprint density at radius 2 is 1.67 bits per heavy atom. The highest BCUT2D eigenvalue weighted by atomic mass is 16.6. The smallest absolute Gasteiger partial charge is 0.408 e. The fourth-order valence-corrected chi connectivity index (χ4v) is 1.83. The molecule has 0 radical (unpaired) electrons. The topological polar surface area (TPSA) is 119 Å². The van der Waals surface area contributed by atoms with Gasteiger partial charge in [0.2, 0.25) is 0 Å². The number of nitrogens with one attached hydrogen (secondary N) is 1. The van der Waals surface area contributed by atoms with E-state index in [9.17, 15) is 25.2 Å². The van der Waals surface area contributed by atoms with Crippen LogP contribution >= 0.6 is 0 Å². The van der Waals surface area contributed by atoms with Gasteiger partial charge in [0.1, 0.15) is 17.8 Å². The highest BCUT2D eigenvalue weighted by Crippen LogP contribution is 2.21. The van der Waals surface area contributed by atoms with Crippen molar-refractivity contribution in [3.63, 3.8) is 0 Å². The van der Waals surface area contributed by atoms with E-state index in [1.54, 1.807) is 20.8 Å². The number of carbonyl (C=O) groups is 1. The molecule has 18 heavy (non-hydrogen) atoms. The molecule has 0 aliphatic heterocycles. The monoisotopic (exact) mass is 263 g/mol. The van der Waals surface area contributed by atoms with E-state index in [0.717, 1.165) is 0 Å². The van der Waals surface area contributed by atoms with E-state index >= 15 is 0 Å². The summed E-state index contributed by atoms with van der Waals surface area (Å²) >= 11 is 0. The standard InChI is InChI=1S/C11H21NO6/c1-11(2,3)18-10(17)12-7-5(13)4-6(14)8(15)9(7)16/h5-9,13-16H,4H2,1-3H3,(H,12,17)/t5-,6-,7-,8-,9-/m0/s1. The molecule has 0 unspecified atom stereocenters. The summed E-state index contributed by atoms with van der Waals surface area (Å²) in [6, 6.07) is -1.07. The van der Waals surface area contributed by atoms with Crippen LogP contribution in [0.2, 0.25) is 0 Å². The van der Waals surface area contributed by atoms with Crippen molar-refractivity contribution >= 4 is 6.09 Å². The van der Waals surface area contributed by atoms with E-state index in [1.165, 1.54) is 0 Å². The van der Waals surface area contributed by atoms with Gasteiger partial charge in [0.15, 0.2) is 0 Å². The molecule has 106 valence electrons. The van der Waals surface area contributed by atoms with E-state index in [0.29, 0.717) is 0 Å². The third kappa shape index (κ3) is 3.81. The summed E-state index contributed by atoms with van der Waals surface area (Å²) in [4.78, 5) is 11.5. The molecule has 0 bridgehead atoms. The molecule has 0 spiro atoms. The number of ether oxygens (including phenoxy) is 1. The molecule has 7 nitrogen and oxygen atoms in total. The van der Waals surface area contributed by atoms with Crippen molar-refractivity contribution in [3.05, 3.63) is 0 Å². The summed E-state index contributed by atoms with van der Waals surface area (Å²) in [5.41, 5.74) is -0.702. The fourth-order valence-electron chi connectivity index (χ4n) is 1.83. The largest absolute Gasteiger partial charge is 0.444 e. The fraction of sp³-hybridized carbons (Fsp3) is 0.909. The number of carbonyl (C=O) groups excluding carboxylic acids is 1.